The Labute approximate surface area is 246 Å². The molecular formula is C35H36N2O5. The molecular weight excluding hydrogens is 528 g/mol. The van der Waals surface area contributed by atoms with E-state index < -0.39 is 36.3 Å². The molecule has 1 aliphatic carbocycles. The lowest BCUT2D eigenvalue weighted by atomic mass is 9.88. The first-order valence-electron chi connectivity index (χ1n) is 14.3. The van der Waals surface area contributed by atoms with Crippen molar-refractivity contribution in [2.75, 3.05) is 0 Å². The minimum absolute atomic E-state index is 0.0916. The first-order valence-corrected chi connectivity index (χ1v) is 14.3. The van der Waals surface area contributed by atoms with Crippen LogP contribution in [-0.2, 0) is 24.1 Å². The molecule has 7 nitrogen and oxygen atoms in total. The first-order chi connectivity index (χ1) is 20.5. The minimum Gasteiger partial charge on any atom is -0.410 e. The molecule has 0 aliphatic heterocycles. The molecule has 0 fully saturated rings. The Balaban J connectivity index is 1.35. The average molecular weight is 565 g/mol. The SMILES string of the molecule is O=C(NC(Cc1ccccc1)C(O)CC(Cc1ccccc1)C(=O)N[C@@H]1c2ccccc2C[C@H]1O)Oc1ccccc1. The van der Waals surface area contributed by atoms with Gasteiger partial charge in [0.1, 0.15) is 5.75 Å². The van der Waals surface area contributed by atoms with E-state index in [-0.39, 0.29) is 12.3 Å². The minimum atomic E-state index is -1.06. The van der Waals surface area contributed by atoms with Gasteiger partial charge in [-0.2, -0.15) is 0 Å². The van der Waals surface area contributed by atoms with Gasteiger partial charge in [-0.1, -0.05) is 103 Å². The van der Waals surface area contributed by atoms with Gasteiger partial charge in [0, 0.05) is 12.3 Å². The van der Waals surface area contributed by atoms with Crippen molar-refractivity contribution < 1.29 is 24.5 Å². The molecule has 3 unspecified atom stereocenters. The summed E-state index contributed by atoms with van der Waals surface area (Å²) in [6.07, 6.45) is -1.17. The van der Waals surface area contributed by atoms with Gasteiger partial charge >= 0.3 is 6.09 Å². The second kappa shape index (κ2) is 13.9. The number of rotatable bonds is 11. The third kappa shape index (κ3) is 7.63. The van der Waals surface area contributed by atoms with Gasteiger partial charge in [0.2, 0.25) is 5.91 Å². The molecule has 0 heterocycles. The summed E-state index contributed by atoms with van der Waals surface area (Å²) < 4.78 is 5.45. The first kappa shape index (κ1) is 29.0. The highest BCUT2D eigenvalue weighted by atomic mass is 16.6. The Morgan fingerprint density at radius 3 is 2.02 bits per heavy atom. The van der Waals surface area contributed by atoms with Crippen LogP contribution in [0.2, 0.25) is 0 Å². The Morgan fingerprint density at radius 1 is 0.786 bits per heavy atom. The number of carbonyl (C=O) groups excluding carboxylic acids is 2. The number of hydrogen-bond acceptors (Lipinski definition) is 5. The van der Waals surface area contributed by atoms with E-state index in [9.17, 15) is 19.8 Å². The van der Waals surface area contributed by atoms with E-state index in [1.165, 1.54) is 0 Å². The highest BCUT2D eigenvalue weighted by molar-refractivity contribution is 5.80. The van der Waals surface area contributed by atoms with Gasteiger partial charge in [0.05, 0.1) is 24.3 Å². The van der Waals surface area contributed by atoms with E-state index in [0.29, 0.717) is 25.0 Å². The molecule has 4 aromatic rings. The van der Waals surface area contributed by atoms with Gasteiger partial charge in [-0.3, -0.25) is 4.79 Å². The zero-order valence-electron chi connectivity index (χ0n) is 23.3. The summed E-state index contributed by atoms with van der Waals surface area (Å²) in [7, 11) is 0. The van der Waals surface area contributed by atoms with Crippen molar-refractivity contribution in [1.82, 2.24) is 10.6 Å². The summed E-state index contributed by atoms with van der Waals surface area (Å²) in [6.45, 7) is 0. The van der Waals surface area contributed by atoms with Crippen LogP contribution in [0.5, 0.6) is 5.75 Å². The highest BCUT2D eigenvalue weighted by Crippen LogP contribution is 2.32. The normalized spacial score (nSPS) is 17.9. The molecule has 0 aromatic heterocycles. The maximum Gasteiger partial charge on any atom is 0.412 e. The lowest BCUT2D eigenvalue weighted by Gasteiger charge is -2.28. The summed E-state index contributed by atoms with van der Waals surface area (Å²) in [4.78, 5) is 26.7. The van der Waals surface area contributed by atoms with Crippen molar-refractivity contribution in [2.45, 2.75) is 50.0 Å². The Morgan fingerprint density at radius 2 is 1.36 bits per heavy atom. The van der Waals surface area contributed by atoms with E-state index in [1.54, 1.807) is 24.3 Å². The van der Waals surface area contributed by atoms with Gasteiger partial charge in [-0.15, -0.1) is 0 Å². The van der Waals surface area contributed by atoms with Crippen molar-refractivity contribution in [2.24, 2.45) is 5.92 Å². The van der Waals surface area contributed by atoms with Crippen molar-refractivity contribution in [1.29, 1.82) is 0 Å². The number of ether oxygens (including phenoxy) is 1. The quantitative estimate of drug-likeness (QED) is 0.210. The molecule has 1 aliphatic rings. The average Bonchev–Trinajstić information content (AvgIpc) is 3.32. The summed E-state index contributed by atoms with van der Waals surface area (Å²) in [6, 6.07) is 34.4. The number of aliphatic hydroxyl groups excluding tert-OH is 2. The Hall–Kier alpha value is -4.46. The molecule has 5 rings (SSSR count). The molecule has 42 heavy (non-hydrogen) atoms. The zero-order chi connectivity index (χ0) is 29.3. The van der Waals surface area contributed by atoms with Crippen LogP contribution in [-0.4, -0.2) is 40.5 Å². The van der Waals surface area contributed by atoms with Crippen LogP contribution in [0, 0.1) is 5.92 Å². The maximum absolute atomic E-state index is 13.8. The van der Waals surface area contributed by atoms with E-state index in [2.05, 4.69) is 10.6 Å². The molecule has 0 saturated heterocycles. The van der Waals surface area contributed by atoms with Crippen LogP contribution < -0.4 is 15.4 Å². The molecule has 216 valence electrons. The molecule has 7 heteroatoms. The topological polar surface area (TPSA) is 108 Å². The molecule has 0 bridgehead atoms. The van der Waals surface area contributed by atoms with E-state index in [0.717, 1.165) is 22.3 Å². The predicted molar refractivity (Wildman–Crippen MR) is 161 cm³/mol. The maximum atomic E-state index is 13.8. The summed E-state index contributed by atoms with van der Waals surface area (Å²) in [5.41, 5.74) is 3.80. The molecule has 4 N–H and O–H groups in total. The largest absolute Gasteiger partial charge is 0.412 e. The zero-order valence-corrected chi connectivity index (χ0v) is 23.3. The summed E-state index contributed by atoms with van der Waals surface area (Å²) in [5, 5.41) is 28.2. The monoisotopic (exact) mass is 564 g/mol. The Bertz CT molecular complexity index is 1450. The molecule has 4 aromatic carbocycles. The fraction of sp³-hybridized carbons (Fsp3) is 0.257. The standard InChI is InChI=1S/C35H36N2O5/c38-31(30(21-25-14-6-2-7-15-25)36-35(41)42-28-17-8-3-9-18-28)23-27(20-24-12-4-1-5-13-24)34(40)37-33-29-19-11-10-16-26(29)22-32(33)39/h1-19,27,30-33,38-39H,20-23H2,(H,36,41)(H,37,40)/t27?,30?,31?,32-,33-/m1/s1. The van der Waals surface area contributed by atoms with Crippen LogP contribution >= 0.6 is 0 Å². The van der Waals surface area contributed by atoms with Crippen molar-refractivity contribution >= 4 is 12.0 Å². The molecule has 0 radical (unpaired) electrons. The second-order valence-corrected chi connectivity index (χ2v) is 10.8. The second-order valence-electron chi connectivity index (χ2n) is 10.8. The van der Waals surface area contributed by atoms with Gasteiger partial charge < -0.3 is 25.6 Å². The van der Waals surface area contributed by atoms with E-state index in [4.69, 9.17) is 4.74 Å². The van der Waals surface area contributed by atoms with Crippen molar-refractivity contribution in [3.05, 3.63) is 138 Å². The number of benzene rings is 4. The van der Waals surface area contributed by atoms with Crippen LogP contribution in [0.15, 0.2) is 115 Å². The lowest BCUT2D eigenvalue weighted by Crippen LogP contribution is -2.48. The third-order valence-electron chi connectivity index (χ3n) is 7.74. The number of hydrogen-bond donors (Lipinski definition) is 4. The van der Waals surface area contributed by atoms with Gasteiger partial charge in [-0.05, 0) is 53.6 Å². The number of fused-ring (bicyclic) bond motifs is 1. The van der Waals surface area contributed by atoms with Crippen LogP contribution in [0.25, 0.3) is 0 Å². The molecule has 0 saturated carbocycles. The Kier molecular flexibility index (Phi) is 9.64. The fourth-order valence-corrected chi connectivity index (χ4v) is 5.58. The van der Waals surface area contributed by atoms with Crippen molar-refractivity contribution in [3.8, 4) is 5.75 Å². The van der Waals surface area contributed by atoms with Crippen LogP contribution in [0.4, 0.5) is 4.79 Å². The highest BCUT2D eigenvalue weighted by Gasteiger charge is 2.35. The smallest absolute Gasteiger partial charge is 0.410 e. The number of carbonyl (C=O) groups is 2. The number of amides is 2. The predicted octanol–water partition coefficient (Wildman–Crippen LogP) is 4.77. The van der Waals surface area contributed by atoms with Crippen molar-refractivity contribution in [3.63, 3.8) is 0 Å². The molecule has 5 atom stereocenters. The number of nitrogens with one attached hydrogen (secondary N) is 2. The van der Waals surface area contributed by atoms with E-state index >= 15 is 0 Å². The van der Waals surface area contributed by atoms with E-state index in [1.807, 2.05) is 91.0 Å². The molecule has 0 spiro atoms. The number of para-hydroxylation sites is 1. The summed E-state index contributed by atoms with van der Waals surface area (Å²) >= 11 is 0. The summed E-state index contributed by atoms with van der Waals surface area (Å²) in [5.74, 6) is -0.490. The molecule has 2 amide bonds. The fourth-order valence-electron chi connectivity index (χ4n) is 5.58. The van der Waals surface area contributed by atoms with Crippen LogP contribution in [0.1, 0.15) is 34.7 Å². The van der Waals surface area contributed by atoms with Gasteiger partial charge in [-0.25, -0.2) is 4.79 Å². The van der Waals surface area contributed by atoms with Gasteiger partial charge in [0.25, 0.3) is 0 Å². The lowest BCUT2D eigenvalue weighted by molar-refractivity contribution is -0.127. The van der Waals surface area contributed by atoms with Gasteiger partial charge in [0.15, 0.2) is 0 Å². The van der Waals surface area contributed by atoms with Crippen LogP contribution in [0.3, 0.4) is 0 Å². The number of aliphatic hydroxyl groups is 2. The third-order valence-corrected chi connectivity index (χ3v) is 7.74.